The van der Waals surface area contributed by atoms with Crippen molar-refractivity contribution in [1.29, 1.82) is 0 Å². The number of hydrogen-bond acceptors (Lipinski definition) is 5. The highest BCUT2D eigenvalue weighted by molar-refractivity contribution is 7.89. The maximum Gasteiger partial charge on any atom is 0.244 e. The van der Waals surface area contributed by atoms with E-state index in [4.69, 9.17) is 4.74 Å². The average molecular weight is 351 g/mol. The highest BCUT2D eigenvalue weighted by atomic mass is 32.2. The molecule has 2 N–H and O–H groups in total. The van der Waals surface area contributed by atoms with E-state index in [0.29, 0.717) is 5.39 Å². The first kappa shape index (κ1) is 17.3. The van der Waals surface area contributed by atoms with Crippen molar-refractivity contribution in [3.63, 3.8) is 0 Å². The zero-order valence-corrected chi connectivity index (χ0v) is 14.2. The molecule has 24 heavy (non-hydrogen) atoms. The molecule has 1 saturated heterocycles. The molecule has 1 aliphatic rings. The summed E-state index contributed by atoms with van der Waals surface area (Å²) in [6, 6.07) is 11.6. The topological polar surface area (TPSA) is 87.1 Å². The quantitative estimate of drug-likeness (QED) is 0.857. The lowest BCUT2D eigenvalue weighted by atomic mass is 10.0. The van der Waals surface area contributed by atoms with Crippen LogP contribution in [0.3, 0.4) is 0 Å². The molecule has 1 fully saturated rings. The molecule has 2 aromatic rings. The summed E-state index contributed by atoms with van der Waals surface area (Å²) in [6.07, 6.45) is -2.27. The number of hydrogen-bond donors (Lipinski definition) is 2. The molecule has 130 valence electrons. The number of nitrogens with zero attached hydrogens (tertiary/aromatic N) is 1. The number of likely N-dealkylation sites (N-methyl/N-ethyl adjacent to an activating group) is 1. The molecule has 3 atom stereocenters. The third-order valence-corrected chi connectivity index (χ3v) is 6.44. The van der Waals surface area contributed by atoms with Gasteiger partial charge in [0.1, 0.15) is 12.2 Å². The van der Waals surface area contributed by atoms with Crippen LogP contribution in [0.15, 0.2) is 47.4 Å². The van der Waals surface area contributed by atoms with E-state index in [0.717, 1.165) is 5.39 Å². The van der Waals surface area contributed by atoms with Crippen molar-refractivity contribution >= 4 is 20.8 Å². The van der Waals surface area contributed by atoms with E-state index < -0.39 is 28.3 Å². The minimum atomic E-state index is -3.85. The second kappa shape index (κ2) is 6.78. The molecular weight excluding hydrogens is 330 g/mol. The van der Waals surface area contributed by atoms with Crippen molar-refractivity contribution in [2.75, 3.05) is 19.8 Å². The van der Waals surface area contributed by atoms with Crippen LogP contribution in [0.4, 0.5) is 0 Å². The fourth-order valence-corrected chi connectivity index (χ4v) is 5.00. The fourth-order valence-electron chi connectivity index (χ4n) is 3.15. The summed E-state index contributed by atoms with van der Waals surface area (Å²) < 4.78 is 32.9. The number of sulfonamides is 1. The Morgan fingerprint density at radius 3 is 2.58 bits per heavy atom. The molecule has 2 aromatic carbocycles. The third kappa shape index (κ3) is 2.94. The van der Waals surface area contributed by atoms with Crippen LogP contribution in [0, 0.1) is 0 Å². The Bertz CT molecular complexity index is 817. The van der Waals surface area contributed by atoms with Crippen LogP contribution in [0.25, 0.3) is 10.8 Å². The molecular formula is C17H21NO5S. The maximum absolute atomic E-state index is 13.2. The first-order chi connectivity index (χ1) is 11.5. The molecule has 0 radical (unpaired) electrons. The summed E-state index contributed by atoms with van der Waals surface area (Å²) in [5.41, 5.74) is 0. The zero-order chi connectivity index (χ0) is 17.3. The molecule has 3 rings (SSSR count). The van der Waals surface area contributed by atoms with Crippen molar-refractivity contribution in [2.45, 2.75) is 30.1 Å². The Balaban J connectivity index is 2.07. The number of ether oxygens (including phenoxy) is 1. The third-order valence-electron chi connectivity index (χ3n) is 4.38. The van der Waals surface area contributed by atoms with Crippen molar-refractivity contribution in [2.24, 2.45) is 0 Å². The minimum absolute atomic E-state index is 0.00351. The highest BCUT2D eigenvalue weighted by Gasteiger charge is 2.40. The van der Waals surface area contributed by atoms with Gasteiger partial charge in [0.15, 0.2) is 0 Å². The highest BCUT2D eigenvalue weighted by Crippen LogP contribution is 2.28. The Morgan fingerprint density at radius 2 is 1.83 bits per heavy atom. The molecule has 6 nitrogen and oxygen atoms in total. The van der Waals surface area contributed by atoms with E-state index >= 15 is 0 Å². The van der Waals surface area contributed by atoms with E-state index in [1.165, 1.54) is 4.31 Å². The molecule has 1 heterocycles. The van der Waals surface area contributed by atoms with Gasteiger partial charge >= 0.3 is 0 Å². The second-order valence-electron chi connectivity index (χ2n) is 5.85. The van der Waals surface area contributed by atoms with Crippen LogP contribution in [0.2, 0.25) is 0 Å². The predicted molar refractivity (Wildman–Crippen MR) is 90.1 cm³/mol. The maximum atomic E-state index is 13.2. The van der Waals surface area contributed by atoms with Gasteiger partial charge in [0.05, 0.1) is 24.2 Å². The van der Waals surface area contributed by atoms with Gasteiger partial charge in [-0.2, -0.15) is 4.31 Å². The van der Waals surface area contributed by atoms with Gasteiger partial charge in [-0.3, -0.25) is 0 Å². The SMILES string of the molecule is CCN([C@@H]1COC[C@@H](O)[C@H]1O)S(=O)(=O)c1cccc2ccccc12. The molecule has 0 saturated carbocycles. The van der Waals surface area contributed by atoms with Crippen molar-refractivity contribution in [1.82, 2.24) is 4.31 Å². The van der Waals surface area contributed by atoms with E-state index in [9.17, 15) is 18.6 Å². The minimum Gasteiger partial charge on any atom is -0.389 e. The van der Waals surface area contributed by atoms with E-state index in [1.54, 1.807) is 31.2 Å². The lowest BCUT2D eigenvalue weighted by molar-refractivity contribution is -0.118. The number of benzene rings is 2. The Labute approximate surface area is 141 Å². The molecule has 1 aliphatic heterocycles. The summed E-state index contributed by atoms with van der Waals surface area (Å²) in [4.78, 5) is 0.190. The van der Waals surface area contributed by atoms with E-state index in [2.05, 4.69) is 0 Å². The van der Waals surface area contributed by atoms with Crippen LogP contribution >= 0.6 is 0 Å². The molecule has 0 unspecified atom stereocenters. The molecule has 0 amide bonds. The van der Waals surface area contributed by atoms with Crippen molar-refractivity contribution in [3.8, 4) is 0 Å². The van der Waals surface area contributed by atoms with Gasteiger partial charge in [0.25, 0.3) is 0 Å². The van der Waals surface area contributed by atoms with Gasteiger partial charge in [0, 0.05) is 11.9 Å². The summed E-state index contributed by atoms with van der Waals surface area (Å²) in [5.74, 6) is 0. The first-order valence-corrected chi connectivity index (χ1v) is 9.34. The van der Waals surface area contributed by atoms with Gasteiger partial charge in [0.2, 0.25) is 10.0 Å². The molecule has 7 heteroatoms. The van der Waals surface area contributed by atoms with Crippen molar-refractivity contribution in [3.05, 3.63) is 42.5 Å². The lowest BCUT2D eigenvalue weighted by Gasteiger charge is -2.38. The first-order valence-electron chi connectivity index (χ1n) is 7.90. The monoisotopic (exact) mass is 351 g/mol. The normalized spacial score (nSPS) is 25.2. The standard InChI is InChI=1S/C17H21NO5S/c1-2-18(14-10-23-11-15(19)17(14)20)24(21,22)16-9-5-7-12-6-3-4-8-13(12)16/h3-9,14-15,17,19-20H,2,10-11H2,1H3/t14-,15-,17+/m1/s1. The van der Waals surface area contributed by atoms with Crippen molar-refractivity contribution < 1.29 is 23.4 Å². The van der Waals surface area contributed by atoms with Crippen LogP contribution in [-0.2, 0) is 14.8 Å². The second-order valence-corrected chi connectivity index (χ2v) is 7.71. The summed E-state index contributed by atoms with van der Waals surface area (Å²) >= 11 is 0. The van der Waals surface area contributed by atoms with Crippen LogP contribution < -0.4 is 0 Å². The van der Waals surface area contributed by atoms with Crippen LogP contribution in [0.1, 0.15) is 6.92 Å². The number of aliphatic hydroxyl groups excluding tert-OH is 2. The van der Waals surface area contributed by atoms with Crippen LogP contribution in [-0.4, -0.2) is 60.9 Å². The molecule has 0 spiro atoms. The smallest absolute Gasteiger partial charge is 0.244 e. The number of rotatable bonds is 4. The van der Waals surface area contributed by atoms with Gasteiger partial charge in [-0.15, -0.1) is 0 Å². The Morgan fingerprint density at radius 1 is 1.12 bits per heavy atom. The number of fused-ring (bicyclic) bond motifs is 1. The zero-order valence-electron chi connectivity index (χ0n) is 13.4. The van der Waals surface area contributed by atoms with Gasteiger partial charge in [-0.1, -0.05) is 43.3 Å². The Kier molecular flexibility index (Phi) is 4.89. The molecule has 0 bridgehead atoms. The molecule has 0 aliphatic carbocycles. The summed E-state index contributed by atoms with van der Waals surface area (Å²) in [7, 11) is -3.85. The fraction of sp³-hybridized carbons (Fsp3) is 0.412. The summed E-state index contributed by atoms with van der Waals surface area (Å²) in [6.45, 7) is 1.93. The van der Waals surface area contributed by atoms with E-state index in [1.807, 2.05) is 18.2 Å². The van der Waals surface area contributed by atoms with Gasteiger partial charge in [-0.25, -0.2) is 8.42 Å². The summed E-state index contributed by atoms with van der Waals surface area (Å²) in [5, 5.41) is 21.5. The average Bonchev–Trinajstić information content (AvgIpc) is 2.58. The van der Waals surface area contributed by atoms with E-state index in [-0.39, 0.29) is 24.7 Å². The predicted octanol–water partition coefficient (Wildman–Crippen LogP) is 0.971. The molecule has 0 aromatic heterocycles. The lowest BCUT2D eigenvalue weighted by Crippen LogP contribution is -2.57. The number of aliphatic hydroxyl groups is 2. The largest absolute Gasteiger partial charge is 0.389 e. The Hall–Kier alpha value is -1.51. The van der Waals surface area contributed by atoms with Crippen LogP contribution in [0.5, 0.6) is 0 Å². The van der Waals surface area contributed by atoms with Gasteiger partial charge < -0.3 is 14.9 Å². The van der Waals surface area contributed by atoms with Gasteiger partial charge in [-0.05, 0) is 11.5 Å².